The van der Waals surface area contributed by atoms with E-state index in [0.717, 1.165) is 6.54 Å². The minimum Gasteiger partial charge on any atom is -0.424 e. The SMILES string of the molecule is CCNC(C)c1nnc(CCC(F)(F)F)o1. The van der Waals surface area contributed by atoms with Gasteiger partial charge in [-0.2, -0.15) is 13.2 Å². The maximum atomic E-state index is 11.9. The van der Waals surface area contributed by atoms with E-state index in [1.807, 2.05) is 13.8 Å². The Balaban J connectivity index is 2.51. The minimum atomic E-state index is -4.19. The predicted octanol–water partition coefficient (Wildman–Crippen LogP) is 2.24. The van der Waals surface area contributed by atoms with Crippen LogP contribution in [-0.2, 0) is 6.42 Å². The molecule has 0 radical (unpaired) electrons. The van der Waals surface area contributed by atoms with Gasteiger partial charge in [-0.05, 0) is 13.5 Å². The Labute approximate surface area is 91.2 Å². The predicted molar refractivity (Wildman–Crippen MR) is 50.8 cm³/mol. The number of rotatable bonds is 5. The largest absolute Gasteiger partial charge is 0.424 e. The Hall–Kier alpha value is -1.11. The van der Waals surface area contributed by atoms with E-state index in [-0.39, 0.29) is 18.4 Å². The lowest BCUT2D eigenvalue weighted by Gasteiger charge is -2.06. The fraction of sp³-hybridized carbons (Fsp3) is 0.778. The number of aromatic nitrogens is 2. The van der Waals surface area contributed by atoms with Crippen molar-refractivity contribution in [2.24, 2.45) is 0 Å². The van der Waals surface area contributed by atoms with Gasteiger partial charge in [0.1, 0.15) is 0 Å². The van der Waals surface area contributed by atoms with E-state index in [1.54, 1.807) is 0 Å². The van der Waals surface area contributed by atoms with Gasteiger partial charge >= 0.3 is 6.18 Å². The molecule has 1 rings (SSSR count). The molecule has 0 amide bonds. The van der Waals surface area contributed by atoms with Crippen molar-refractivity contribution in [3.8, 4) is 0 Å². The van der Waals surface area contributed by atoms with Crippen molar-refractivity contribution in [1.29, 1.82) is 0 Å². The van der Waals surface area contributed by atoms with Crippen LogP contribution >= 0.6 is 0 Å². The first-order valence-corrected chi connectivity index (χ1v) is 5.04. The molecule has 0 spiro atoms. The summed E-state index contributed by atoms with van der Waals surface area (Å²) in [5.74, 6) is 0.344. The summed E-state index contributed by atoms with van der Waals surface area (Å²) in [5.41, 5.74) is 0. The van der Waals surface area contributed by atoms with E-state index >= 15 is 0 Å². The molecule has 0 saturated carbocycles. The number of hydrogen-bond acceptors (Lipinski definition) is 4. The highest BCUT2D eigenvalue weighted by Gasteiger charge is 2.28. The van der Waals surface area contributed by atoms with Gasteiger partial charge in [0.25, 0.3) is 0 Å². The molecule has 16 heavy (non-hydrogen) atoms. The van der Waals surface area contributed by atoms with Crippen molar-refractivity contribution < 1.29 is 17.6 Å². The van der Waals surface area contributed by atoms with Gasteiger partial charge in [-0.25, -0.2) is 0 Å². The van der Waals surface area contributed by atoms with Crippen molar-refractivity contribution in [3.05, 3.63) is 11.8 Å². The fourth-order valence-electron chi connectivity index (χ4n) is 1.18. The molecule has 0 fully saturated rings. The Morgan fingerprint density at radius 2 is 2.06 bits per heavy atom. The van der Waals surface area contributed by atoms with Crippen LogP contribution < -0.4 is 5.32 Å². The molecule has 1 aromatic heterocycles. The maximum Gasteiger partial charge on any atom is 0.389 e. The second-order valence-corrected chi connectivity index (χ2v) is 3.43. The number of nitrogens with zero attached hydrogens (tertiary/aromatic N) is 2. The van der Waals surface area contributed by atoms with Gasteiger partial charge in [0.15, 0.2) is 0 Å². The summed E-state index contributed by atoms with van der Waals surface area (Å²) in [6.07, 6.45) is -5.40. The smallest absolute Gasteiger partial charge is 0.389 e. The summed E-state index contributed by atoms with van der Waals surface area (Å²) in [4.78, 5) is 0. The van der Waals surface area contributed by atoms with Crippen LogP contribution in [0.4, 0.5) is 13.2 Å². The standard InChI is InChI=1S/C9H14F3N3O/c1-3-13-6(2)8-15-14-7(16-8)4-5-9(10,11)12/h6,13H,3-5H2,1-2H3. The van der Waals surface area contributed by atoms with E-state index in [4.69, 9.17) is 4.42 Å². The van der Waals surface area contributed by atoms with Crippen LogP contribution in [0.3, 0.4) is 0 Å². The molecule has 1 aromatic rings. The number of nitrogens with one attached hydrogen (secondary N) is 1. The third-order valence-corrected chi connectivity index (χ3v) is 1.99. The monoisotopic (exact) mass is 237 g/mol. The van der Waals surface area contributed by atoms with Crippen molar-refractivity contribution >= 4 is 0 Å². The lowest BCUT2D eigenvalue weighted by molar-refractivity contribution is -0.134. The quantitative estimate of drug-likeness (QED) is 0.853. The number of alkyl halides is 3. The van der Waals surface area contributed by atoms with E-state index in [0.29, 0.717) is 5.89 Å². The third-order valence-electron chi connectivity index (χ3n) is 1.99. The zero-order valence-corrected chi connectivity index (χ0v) is 9.14. The van der Waals surface area contributed by atoms with Crippen molar-refractivity contribution in [3.63, 3.8) is 0 Å². The molecule has 1 heterocycles. The molecule has 92 valence electrons. The molecular formula is C9H14F3N3O. The van der Waals surface area contributed by atoms with E-state index in [2.05, 4.69) is 15.5 Å². The fourth-order valence-corrected chi connectivity index (χ4v) is 1.18. The first-order chi connectivity index (χ1) is 7.42. The first kappa shape index (κ1) is 13.0. The molecule has 0 saturated heterocycles. The summed E-state index contributed by atoms with van der Waals surface area (Å²) < 4.78 is 40.9. The first-order valence-electron chi connectivity index (χ1n) is 5.04. The van der Waals surface area contributed by atoms with Crippen LogP contribution in [0.25, 0.3) is 0 Å². The Kier molecular flexibility index (Phi) is 4.28. The lowest BCUT2D eigenvalue weighted by Crippen LogP contribution is -2.17. The molecule has 1 atom stereocenters. The molecular weight excluding hydrogens is 223 g/mol. The zero-order chi connectivity index (χ0) is 12.2. The normalized spacial score (nSPS) is 14.1. The molecule has 4 nitrogen and oxygen atoms in total. The zero-order valence-electron chi connectivity index (χ0n) is 9.14. The van der Waals surface area contributed by atoms with Crippen LogP contribution in [0.15, 0.2) is 4.42 Å². The molecule has 0 aliphatic heterocycles. The van der Waals surface area contributed by atoms with Gasteiger partial charge in [0, 0.05) is 6.42 Å². The highest BCUT2D eigenvalue weighted by molar-refractivity contribution is 4.88. The van der Waals surface area contributed by atoms with Gasteiger partial charge in [-0.1, -0.05) is 6.92 Å². The van der Waals surface area contributed by atoms with Crippen molar-refractivity contribution in [2.75, 3.05) is 6.54 Å². The summed E-state index contributed by atoms with van der Waals surface area (Å²) in [6.45, 7) is 4.45. The van der Waals surface area contributed by atoms with Crippen molar-refractivity contribution in [1.82, 2.24) is 15.5 Å². The second-order valence-electron chi connectivity index (χ2n) is 3.43. The van der Waals surface area contributed by atoms with Gasteiger partial charge in [-0.3, -0.25) is 0 Å². The molecule has 1 unspecified atom stereocenters. The summed E-state index contributed by atoms with van der Waals surface area (Å²) in [7, 11) is 0. The van der Waals surface area contributed by atoms with Gasteiger partial charge in [0.05, 0.1) is 12.5 Å². The summed E-state index contributed by atoms with van der Waals surface area (Å²) in [6, 6.07) is -0.142. The minimum absolute atomic E-state index is 0.0251. The highest BCUT2D eigenvalue weighted by Crippen LogP contribution is 2.22. The molecule has 0 aromatic carbocycles. The Morgan fingerprint density at radius 3 is 2.62 bits per heavy atom. The number of hydrogen-bond donors (Lipinski definition) is 1. The van der Waals surface area contributed by atoms with Crippen LogP contribution in [0.5, 0.6) is 0 Å². The summed E-state index contributed by atoms with van der Waals surface area (Å²) in [5, 5.41) is 10.3. The Morgan fingerprint density at radius 1 is 1.38 bits per heavy atom. The lowest BCUT2D eigenvalue weighted by atomic mass is 10.3. The average molecular weight is 237 g/mol. The molecule has 1 N–H and O–H groups in total. The van der Waals surface area contributed by atoms with Gasteiger partial charge in [-0.15, -0.1) is 10.2 Å². The van der Waals surface area contributed by atoms with Crippen LogP contribution in [0.2, 0.25) is 0 Å². The van der Waals surface area contributed by atoms with E-state index in [1.165, 1.54) is 0 Å². The molecule has 7 heteroatoms. The van der Waals surface area contributed by atoms with Crippen LogP contribution in [0, 0.1) is 0 Å². The molecule has 0 bridgehead atoms. The summed E-state index contributed by atoms with van der Waals surface area (Å²) >= 11 is 0. The highest BCUT2D eigenvalue weighted by atomic mass is 19.4. The van der Waals surface area contributed by atoms with E-state index in [9.17, 15) is 13.2 Å². The number of halogens is 3. The van der Waals surface area contributed by atoms with E-state index < -0.39 is 12.6 Å². The van der Waals surface area contributed by atoms with Crippen molar-refractivity contribution in [2.45, 2.75) is 38.9 Å². The topological polar surface area (TPSA) is 51.0 Å². The number of aryl methyl sites for hydroxylation is 1. The molecule has 0 aliphatic carbocycles. The van der Waals surface area contributed by atoms with Crippen LogP contribution in [0.1, 0.15) is 38.1 Å². The average Bonchev–Trinajstić information content (AvgIpc) is 2.62. The van der Waals surface area contributed by atoms with Crippen LogP contribution in [-0.4, -0.2) is 22.9 Å². The van der Waals surface area contributed by atoms with Gasteiger partial charge in [0.2, 0.25) is 11.8 Å². The maximum absolute atomic E-state index is 11.9. The third kappa shape index (κ3) is 4.18. The second kappa shape index (κ2) is 5.29. The molecule has 0 aliphatic rings. The Bertz CT molecular complexity index is 324. The van der Waals surface area contributed by atoms with Gasteiger partial charge < -0.3 is 9.73 Å².